The van der Waals surface area contributed by atoms with Crippen LogP contribution in [0, 0.1) is 5.92 Å². The molecule has 0 aromatic carbocycles. The van der Waals surface area contributed by atoms with Crippen LogP contribution in [0.5, 0.6) is 0 Å². The fourth-order valence-corrected chi connectivity index (χ4v) is 4.10. The lowest BCUT2D eigenvalue weighted by atomic mass is 9.83. The first-order valence-corrected chi connectivity index (χ1v) is 8.51. The van der Waals surface area contributed by atoms with Gasteiger partial charge in [0.2, 0.25) is 0 Å². The topological polar surface area (TPSA) is 38.8 Å². The second-order valence-electron chi connectivity index (χ2n) is 6.48. The van der Waals surface area contributed by atoms with Crippen molar-refractivity contribution in [3.8, 4) is 0 Å². The molecule has 0 aromatic rings. The van der Waals surface area contributed by atoms with Gasteiger partial charge in [-0.2, -0.15) is 0 Å². The Morgan fingerprint density at radius 3 is 2.65 bits per heavy atom. The first-order chi connectivity index (χ1) is 9.64. The van der Waals surface area contributed by atoms with Gasteiger partial charge < -0.3 is 9.47 Å². The average Bonchev–Trinajstić information content (AvgIpc) is 3.11. The SMILES string of the molecule is CCCC1CCCC2(CC1)OC2(CCC)C(=O)OCC. The molecule has 0 N–H and O–H groups in total. The van der Waals surface area contributed by atoms with Crippen LogP contribution in [0.4, 0.5) is 0 Å². The van der Waals surface area contributed by atoms with Crippen molar-refractivity contribution in [1.29, 1.82) is 0 Å². The Bertz CT molecular complexity index is 341. The minimum Gasteiger partial charge on any atom is -0.464 e. The van der Waals surface area contributed by atoms with E-state index in [4.69, 9.17) is 9.47 Å². The van der Waals surface area contributed by atoms with Gasteiger partial charge in [-0.3, -0.25) is 0 Å². The second kappa shape index (κ2) is 6.46. The quantitative estimate of drug-likeness (QED) is 0.540. The molecule has 1 aliphatic carbocycles. The van der Waals surface area contributed by atoms with Crippen LogP contribution in [-0.4, -0.2) is 23.8 Å². The standard InChI is InChI=1S/C17H30O3/c1-4-8-14-9-7-12-16(13-10-14)17(20-16,11-5-2)15(18)19-6-3/h14H,4-13H2,1-3H3. The molecule has 3 nitrogen and oxygen atoms in total. The van der Waals surface area contributed by atoms with Crippen LogP contribution in [0.15, 0.2) is 0 Å². The van der Waals surface area contributed by atoms with Crippen molar-refractivity contribution in [2.45, 2.75) is 89.8 Å². The molecule has 3 heteroatoms. The minimum atomic E-state index is -0.612. The summed E-state index contributed by atoms with van der Waals surface area (Å²) in [6, 6.07) is 0. The fourth-order valence-electron chi connectivity index (χ4n) is 4.10. The van der Waals surface area contributed by atoms with Crippen LogP contribution in [0.1, 0.15) is 78.6 Å². The molecule has 0 aromatic heterocycles. The molecule has 0 bridgehead atoms. The van der Waals surface area contributed by atoms with Gasteiger partial charge in [0.1, 0.15) is 5.60 Å². The van der Waals surface area contributed by atoms with Crippen molar-refractivity contribution < 1.29 is 14.3 Å². The summed E-state index contributed by atoms with van der Waals surface area (Å²) in [5, 5.41) is 0. The van der Waals surface area contributed by atoms with Crippen LogP contribution in [0.2, 0.25) is 0 Å². The van der Waals surface area contributed by atoms with Crippen molar-refractivity contribution in [3.05, 3.63) is 0 Å². The molecule has 0 amide bonds. The van der Waals surface area contributed by atoms with Gasteiger partial charge in [0.05, 0.1) is 6.61 Å². The lowest BCUT2D eigenvalue weighted by molar-refractivity contribution is -0.149. The maximum Gasteiger partial charge on any atom is 0.341 e. The third-order valence-corrected chi connectivity index (χ3v) is 5.12. The summed E-state index contributed by atoms with van der Waals surface area (Å²) >= 11 is 0. The number of carbonyl (C=O) groups is 1. The zero-order chi connectivity index (χ0) is 14.6. The molecular formula is C17H30O3. The van der Waals surface area contributed by atoms with Crippen molar-refractivity contribution in [3.63, 3.8) is 0 Å². The summed E-state index contributed by atoms with van der Waals surface area (Å²) in [4.78, 5) is 12.4. The summed E-state index contributed by atoms with van der Waals surface area (Å²) in [5.74, 6) is 0.709. The average molecular weight is 282 g/mol. The normalized spacial score (nSPS) is 36.6. The van der Waals surface area contributed by atoms with Gasteiger partial charge in [0.15, 0.2) is 5.60 Å². The van der Waals surface area contributed by atoms with E-state index in [9.17, 15) is 4.79 Å². The predicted octanol–water partition coefficient (Wildman–Crippen LogP) is 4.24. The van der Waals surface area contributed by atoms with E-state index >= 15 is 0 Å². The van der Waals surface area contributed by atoms with E-state index in [0.717, 1.165) is 31.6 Å². The number of carbonyl (C=O) groups excluding carboxylic acids is 1. The van der Waals surface area contributed by atoms with E-state index in [1.807, 2.05) is 6.92 Å². The molecule has 2 rings (SSSR count). The minimum absolute atomic E-state index is 0.115. The van der Waals surface area contributed by atoms with Crippen LogP contribution < -0.4 is 0 Å². The van der Waals surface area contributed by atoms with Crippen LogP contribution in [0.3, 0.4) is 0 Å². The highest BCUT2D eigenvalue weighted by molar-refractivity contribution is 5.85. The maximum atomic E-state index is 12.4. The number of hydrogen-bond donors (Lipinski definition) is 0. The third-order valence-electron chi connectivity index (χ3n) is 5.12. The van der Waals surface area contributed by atoms with E-state index in [2.05, 4.69) is 13.8 Å². The Morgan fingerprint density at radius 1 is 1.20 bits per heavy atom. The van der Waals surface area contributed by atoms with E-state index in [1.54, 1.807) is 0 Å². The van der Waals surface area contributed by atoms with Gasteiger partial charge in [-0.05, 0) is 38.5 Å². The Kier molecular flexibility index (Phi) is 5.11. The van der Waals surface area contributed by atoms with Gasteiger partial charge in [0, 0.05) is 0 Å². The third kappa shape index (κ3) is 2.74. The lowest BCUT2D eigenvalue weighted by Gasteiger charge is -2.17. The number of esters is 1. The molecule has 1 aliphatic heterocycles. The number of ether oxygens (including phenoxy) is 2. The van der Waals surface area contributed by atoms with E-state index in [-0.39, 0.29) is 11.6 Å². The Balaban J connectivity index is 2.05. The van der Waals surface area contributed by atoms with Crippen molar-refractivity contribution >= 4 is 5.97 Å². The summed E-state index contributed by atoms with van der Waals surface area (Å²) in [6.07, 6.45) is 10.1. The van der Waals surface area contributed by atoms with Crippen molar-refractivity contribution in [2.24, 2.45) is 5.92 Å². The predicted molar refractivity (Wildman–Crippen MR) is 79.6 cm³/mol. The van der Waals surface area contributed by atoms with Crippen LogP contribution in [-0.2, 0) is 14.3 Å². The van der Waals surface area contributed by atoms with E-state index in [1.165, 1.54) is 32.1 Å². The largest absolute Gasteiger partial charge is 0.464 e. The summed E-state index contributed by atoms with van der Waals surface area (Å²) < 4.78 is 11.4. The molecule has 1 heterocycles. The summed E-state index contributed by atoms with van der Waals surface area (Å²) in [6.45, 7) is 6.69. The Morgan fingerprint density at radius 2 is 2.00 bits per heavy atom. The van der Waals surface area contributed by atoms with Gasteiger partial charge in [-0.15, -0.1) is 0 Å². The highest BCUT2D eigenvalue weighted by Crippen LogP contribution is 2.59. The molecule has 1 saturated carbocycles. The molecule has 1 saturated heterocycles. The molecule has 3 unspecified atom stereocenters. The zero-order valence-corrected chi connectivity index (χ0v) is 13.4. The molecule has 3 atom stereocenters. The lowest BCUT2D eigenvalue weighted by Crippen LogP contribution is -2.36. The summed E-state index contributed by atoms with van der Waals surface area (Å²) in [5.41, 5.74) is -0.809. The van der Waals surface area contributed by atoms with Crippen LogP contribution >= 0.6 is 0 Å². The van der Waals surface area contributed by atoms with E-state index < -0.39 is 5.60 Å². The smallest absolute Gasteiger partial charge is 0.341 e. The highest BCUT2D eigenvalue weighted by atomic mass is 16.7. The van der Waals surface area contributed by atoms with Crippen LogP contribution in [0.25, 0.3) is 0 Å². The Hall–Kier alpha value is -0.570. The number of rotatable bonds is 6. The Labute approximate surface area is 123 Å². The molecule has 0 radical (unpaired) electrons. The molecule has 20 heavy (non-hydrogen) atoms. The first-order valence-electron chi connectivity index (χ1n) is 8.51. The number of epoxide rings is 1. The van der Waals surface area contributed by atoms with Crippen molar-refractivity contribution in [1.82, 2.24) is 0 Å². The number of hydrogen-bond acceptors (Lipinski definition) is 3. The molecule has 2 fully saturated rings. The van der Waals surface area contributed by atoms with Gasteiger partial charge in [0.25, 0.3) is 0 Å². The maximum absolute atomic E-state index is 12.4. The highest BCUT2D eigenvalue weighted by Gasteiger charge is 2.73. The van der Waals surface area contributed by atoms with Gasteiger partial charge >= 0.3 is 5.97 Å². The zero-order valence-electron chi connectivity index (χ0n) is 13.4. The van der Waals surface area contributed by atoms with E-state index in [0.29, 0.717) is 6.61 Å². The monoisotopic (exact) mass is 282 g/mol. The molecular weight excluding hydrogens is 252 g/mol. The molecule has 1 spiro atoms. The first kappa shape index (κ1) is 15.8. The van der Waals surface area contributed by atoms with Crippen molar-refractivity contribution in [2.75, 3.05) is 6.61 Å². The second-order valence-corrected chi connectivity index (χ2v) is 6.48. The fraction of sp³-hybridized carbons (Fsp3) is 0.941. The van der Waals surface area contributed by atoms with Gasteiger partial charge in [-0.1, -0.05) is 46.0 Å². The van der Waals surface area contributed by atoms with Gasteiger partial charge in [-0.25, -0.2) is 4.79 Å². The summed E-state index contributed by atoms with van der Waals surface area (Å²) in [7, 11) is 0. The molecule has 2 aliphatic rings. The molecule has 116 valence electrons.